The molecular formula is C23H26N2O3S. The highest BCUT2D eigenvalue weighted by molar-refractivity contribution is 7.92. The number of pyridine rings is 1. The van der Waals surface area contributed by atoms with E-state index >= 15 is 0 Å². The number of benzene rings is 1. The highest BCUT2D eigenvalue weighted by Gasteiger charge is 2.30. The van der Waals surface area contributed by atoms with E-state index in [1.165, 1.54) is 0 Å². The Balaban J connectivity index is 1.75. The van der Waals surface area contributed by atoms with Gasteiger partial charge in [0.25, 0.3) is 0 Å². The summed E-state index contributed by atoms with van der Waals surface area (Å²) in [6, 6.07) is 5.82. The second-order valence-corrected chi connectivity index (χ2v) is 9.97. The van der Waals surface area contributed by atoms with Gasteiger partial charge in [-0.25, -0.2) is 8.42 Å². The lowest BCUT2D eigenvalue weighted by molar-refractivity contribution is -0.119. The zero-order valence-electron chi connectivity index (χ0n) is 17.1. The fourth-order valence-corrected chi connectivity index (χ4v) is 4.50. The van der Waals surface area contributed by atoms with Crippen LogP contribution in [0.3, 0.4) is 0 Å². The number of carbonyl (C=O) groups is 1. The molecule has 0 amide bonds. The quantitative estimate of drug-likeness (QED) is 0.742. The van der Waals surface area contributed by atoms with Gasteiger partial charge < -0.3 is 0 Å². The van der Waals surface area contributed by atoms with E-state index < -0.39 is 10.0 Å². The molecule has 0 spiro atoms. The number of Topliss-reactive ketones (excluding diaryl/α,β-unsaturated/α-hetero) is 1. The average Bonchev–Trinajstić information content (AvgIpc) is 3.43. The summed E-state index contributed by atoms with van der Waals surface area (Å²) in [5.41, 5.74) is 7.58. The third-order valence-corrected chi connectivity index (χ3v) is 7.19. The molecule has 5 nitrogen and oxygen atoms in total. The van der Waals surface area contributed by atoms with E-state index in [2.05, 4.69) is 16.9 Å². The minimum Gasteiger partial charge on any atom is -0.299 e. The van der Waals surface area contributed by atoms with Gasteiger partial charge in [0.1, 0.15) is 5.78 Å². The molecule has 0 unspecified atom stereocenters. The fourth-order valence-electron chi connectivity index (χ4n) is 3.80. The van der Waals surface area contributed by atoms with E-state index in [4.69, 9.17) is 4.98 Å². The molecule has 0 saturated heterocycles. The number of hydrogen-bond acceptors (Lipinski definition) is 4. The van der Waals surface area contributed by atoms with Crippen LogP contribution in [-0.4, -0.2) is 24.9 Å². The van der Waals surface area contributed by atoms with E-state index in [0.29, 0.717) is 12.1 Å². The maximum Gasteiger partial charge on any atom is 0.232 e. The Labute approximate surface area is 172 Å². The molecule has 1 N–H and O–H groups in total. The lowest BCUT2D eigenvalue weighted by Crippen LogP contribution is -2.15. The number of allylic oxidation sites excluding steroid dienone is 1. The summed E-state index contributed by atoms with van der Waals surface area (Å²) in [6.07, 6.45) is 7.36. The predicted octanol–water partition coefficient (Wildman–Crippen LogP) is 4.22. The SMILES string of the molecule is CCS(=O)(=O)Nc1ccc(-c2cc(CC(=O)C3CC3)nc3c2C=CC3)c(C)c1C. The zero-order chi connectivity index (χ0) is 20.8. The van der Waals surface area contributed by atoms with Crippen molar-refractivity contribution in [2.45, 2.75) is 46.5 Å². The van der Waals surface area contributed by atoms with Crippen molar-refractivity contribution >= 4 is 27.6 Å². The smallest absolute Gasteiger partial charge is 0.232 e. The molecule has 1 heterocycles. The molecule has 4 rings (SSSR count). The van der Waals surface area contributed by atoms with Gasteiger partial charge in [0.15, 0.2) is 0 Å². The maximum absolute atomic E-state index is 12.3. The van der Waals surface area contributed by atoms with Gasteiger partial charge in [-0.15, -0.1) is 0 Å². The van der Waals surface area contributed by atoms with Crippen molar-refractivity contribution in [1.29, 1.82) is 0 Å². The molecule has 152 valence electrons. The van der Waals surface area contributed by atoms with Crippen LogP contribution >= 0.6 is 0 Å². The molecule has 1 fully saturated rings. The van der Waals surface area contributed by atoms with Crippen LogP contribution in [0.25, 0.3) is 17.2 Å². The molecule has 0 bridgehead atoms. The number of fused-ring (bicyclic) bond motifs is 1. The molecule has 29 heavy (non-hydrogen) atoms. The summed E-state index contributed by atoms with van der Waals surface area (Å²) in [5.74, 6) is 0.543. The first-order chi connectivity index (χ1) is 13.8. The van der Waals surface area contributed by atoms with Crippen LogP contribution in [0.15, 0.2) is 24.3 Å². The third kappa shape index (κ3) is 3.99. The fraction of sp³-hybridized carbons (Fsp3) is 0.391. The van der Waals surface area contributed by atoms with Crippen LogP contribution in [0, 0.1) is 19.8 Å². The summed E-state index contributed by atoms with van der Waals surface area (Å²) in [7, 11) is -3.33. The monoisotopic (exact) mass is 410 g/mol. The topological polar surface area (TPSA) is 76.1 Å². The molecule has 1 aromatic carbocycles. The standard InChI is InChI=1S/C23H26N2O3S/c1-4-29(27,28)25-21-11-10-18(14(2)15(21)3)20-12-17(13-23(26)16-8-9-16)24-22-7-5-6-19(20)22/h5-6,10-12,16,25H,4,7-9,13H2,1-3H3. The van der Waals surface area contributed by atoms with Gasteiger partial charge in [-0.3, -0.25) is 14.5 Å². The van der Waals surface area contributed by atoms with E-state index in [0.717, 1.165) is 58.5 Å². The molecule has 2 aromatic rings. The normalized spacial score (nSPS) is 15.4. The molecule has 1 saturated carbocycles. The van der Waals surface area contributed by atoms with Crippen molar-refractivity contribution in [3.05, 3.63) is 52.4 Å². The highest BCUT2D eigenvalue weighted by Crippen LogP contribution is 2.37. The minimum absolute atomic E-state index is 0.0360. The number of rotatable bonds is 7. The van der Waals surface area contributed by atoms with Gasteiger partial charge >= 0.3 is 0 Å². The Morgan fingerprint density at radius 2 is 1.93 bits per heavy atom. The van der Waals surface area contributed by atoms with E-state index in [-0.39, 0.29) is 17.5 Å². The second-order valence-electron chi connectivity index (χ2n) is 7.96. The van der Waals surface area contributed by atoms with E-state index in [9.17, 15) is 13.2 Å². The summed E-state index contributed by atoms with van der Waals surface area (Å²) >= 11 is 0. The van der Waals surface area contributed by atoms with E-state index in [1.807, 2.05) is 32.0 Å². The van der Waals surface area contributed by atoms with Gasteiger partial charge in [-0.1, -0.05) is 18.2 Å². The third-order valence-electron chi connectivity index (χ3n) is 5.90. The summed E-state index contributed by atoms with van der Waals surface area (Å²) in [5, 5.41) is 0. The molecule has 0 aliphatic heterocycles. The molecule has 0 atom stereocenters. The Hall–Kier alpha value is -2.47. The van der Waals surface area contributed by atoms with Gasteiger partial charge in [0.05, 0.1) is 17.1 Å². The summed E-state index contributed by atoms with van der Waals surface area (Å²) < 4.78 is 26.6. The second kappa shape index (κ2) is 7.41. The first-order valence-corrected chi connectivity index (χ1v) is 11.8. The first-order valence-electron chi connectivity index (χ1n) is 10.1. The van der Waals surface area contributed by atoms with Gasteiger partial charge in [-0.2, -0.15) is 0 Å². The largest absolute Gasteiger partial charge is 0.299 e. The molecule has 6 heteroatoms. The van der Waals surface area contributed by atoms with Crippen LogP contribution in [0.5, 0.6) is 0 Å². The Morgan fingerprint density at radius 3 is 2.62 bits per heavy atom. The van der Waals surface area contributed by atoms with Crippen molar-refractivity contribution in [3.8, 4) is 11.1 Å². The lowest BCUT2D eigenvalue weighted by atomic mass is 9.92. The number of hydrogen-bond donors (Lipinski definition) is 1. The molecule has 2 aliphatic rings. The van der Waals surface area contributed by atoms with Crippen molar-refractivity contribution in [3.63, 3.8) is 0 Å². The van der Waals surface area contributed by atoms with Crippen molar-refractivity contribution in [2.24, 2.45) is 5.92 Å². The van der Waals surface area contributed by atoms with Gasteiger partial charge in [0.2, 0.25) is 10.0 Å². The molecular weight excluding hydrogens is 384 g/mol. The first kappa shape index (κ1) is 19.8. The molecule has 2 aliphatic carbocycles. The number of anilines is 1. The van der Waals surface area contributed by atoms with Crippen LogP contribution in [0.4, 0.5) is 5.69 Å². The highest BCUT2D eigenvalue weighted by atomic mass is 32.2. The Kier molecular flexibility index (Phi) is 5.07. The van der Waals surface area contributed by atoms with Gasteiger partial charge in [0, 0.05) is 30.0 Å². The summed E-state index contributed by atoms with van der Waals surface area (Å²) in [4.78, 5) is 17.1. The average molecular weight is 411 g/mol. The van der Waals surface area contributed by atoms with Crippen LogP contribution in [0.1, 0.15) is 47.8 Å². The number of carbonyl (C=O) groups excluding carboxylic acids is 1. The van der Waals surface area contributed by atoms with Crippen LogP contribution in [0.2, 0.25) is 0 Å². The van der Waals surface area contributed by atoms with Crippen molar-refractivity contribution in [2.75, 3.05) is 10.5 Å². The van der Waals surface area contributed by atoms with Crippen molar-refractivity contribution in [1.82, 2.24) is 4.98 Å². The lowest BCUT2D eigenvalue weighted by Gasteiger charge is -2.17. The number of sulfonamides is 1. The number of ketones is 1. The number of nitrogens with zero attached hydrogens (tertiary/aromatic N) is 1. The van der Waals surface area contributed by atoms with Crippen molar-refractivity contribution < 1.29 is 13.2 Å². The Bertz CT molecular complexity index is 1130. The van der Waals surface area contributed by atoms with Crippen LogP contribution < -0.4 is 4.72 Å². The maximum atomic E-state index is 12.3. The van der Waals surface area contributed by atoms with Gasteiger partial charge in [-0.05, 0) is 68.0 Å². The zero-order valence-corrected chi connectivity index (χ0v) is 17.9. The number of aromatic nitrogens is 1. The molecule has 1 aromatic heterocycles. The summed E-state index contributed by atoms with van der Waals surface area (Å²) in [6.45, 7) is 5.56. The minimum atomic E-state index is -3.33. The Morgan fingerprint density at radius 1 is 1.17 bits per heavy atom. The van der Waals surface area contributed by atoms with E-state index in [1.54, 1.807) is 6.92 Å². The predicted molar refractivity (Wildman–Crippen MR) is 116 cm³/mol. The molecule has 0 radical (unpaired) electrons. The van der Waals surface area contributed by atoms with Crippen LogP contribution in [-0.2, 0) is 27.7 Å². The number of nitrogens with one attached hydrogen (secondary N) is 1.